The molecule has 0 fully saturated rings. The molecule has 2 heterocycles. The van der Waals surface area contributed by atoms with E-state index in [0.29, 0.717) is 24.6 Å². The molecule has 1 amide bonds. The highest BCUT2D eigenvalue weighted by molar-refractivity contribution is 5.95. The van der Waals surface area contributed by atoms with Gasteiger partial charge in [-0.25, -0.2) is 0 Å². The first kappa shape index (κ1) is 15.6. The number of carbonyl (C=O) groups excluding carboxylic acids is 1. The van der Waals surface area contributed by atoms with Crippen LogP contribution in [0.4, 0.5) is 5.69 Å². The lowest BCUT2D eigenvalue weighted by Gasteiger charge is -2.16. The van der Waals surface area contributed by atoms with Crippen LogP contribution in [0, 0.1) is 6.92 Å². The fourth-order valence-corrected chi connectivity index (χ4v) is 3.11. The van der Waals surface area contributed by atoms with E-state index in [1.54, 1.807) is 0 Å². The normalized spacial score (nSPS) is 13.1. The second-order valence-electron chi connectivity index (χ2n) is 6.29. The highest BCUT2D eigenvalue weighted by Crippen LogP contribution is 2.28. The summed E-state index contributed by atoms with van der Waals surface area (Å²) in [6, 6.07) is 16.0. The predicted octanol–water partition coefficient (Wildman–Crippen LogP) is 3.57. The number of hydrogen-bond acceptors (Lipinski definition) is 4. The van der Waals surface area contributed by atoms with E-state index in [2.05, 4.69) is 16.3 Å². The summed E-state index contributed by atoms with van der Waals surface area (Å²) in [5.74, 6) is 1.09. The molecule has 1 aliphatic heterocycles. The fraction of sp³-hybridized carbons (Fsp3) is 0.250. The number of nitrogens with zero attached hydrogens (tertiary/aromatic N) is 3. The van der Waals surface area contributed by atoms with Gasteiger partial charge in [0.2, 0.25) is 17.7 Å². The number of aryl methyl sites for hydroxylation is 2. The van der Waals surface area contributed by atoms with Crippen molar-refractivity contribution in [2.75, 3.05) is 11.4 Å². The quantitative estimate of drug-likeness (QED) is 0.732. The second kappa shape index (κ2) is 6.51. The molecule has 0 unspecified atom stereocenters. The van der Waals surface area contributed by atoms with E-state index in [4.69, 9.17) is 4.42 Å². The van der Waals surface area contributed by atoms with Crippen LogP contribution in [0.5, 0.6) is 0 Å². The van der Waals surface area contributed by atoms with Crippen molar-refractivity contribution in [2.24, 2.45) is 0 Å². The van der Waals surface area contributed by atoms with Gasteiger partial charge < -0.3 is 9.32 Å². The number of aromatic nitrogens is 2. The Morgan fingerprint density at radius 3 is 2.76 bits per heavy atom. The van der Waals surface area contributed by atoms with Crippen LogP contribution in [0.1, 0.15) is 23.4 Å². The largest absolute Gasteiger partial charge is 0.421 e. The molecule has 5 nitrogen and oxygen atoms in total. The number of para-hydroxylation sites is 1. The van der Waals surface area contributed by atoms with Crippen molar-refractivity contribution in [3.05, 3.63) is 65.5 Å². The summed E-state index contributed by atoms with van der Waals surface area (Å²) in [5.41, 5.74) is 4.33. The molecule has 0 atom stereocenters. The van der Waals surface area contributed by atoms with E-state index in [1.165, 1.54) is 11.1 Å². The Morgan fingerprint density at radius 2 is 1.92 bits per heavy atom. The van der Waals surface area contributed by atoms with Gasteiger partial charge in [-0.2, -0.15) is 0 Å². The van der Waals surface area contributed by atoms with Crippen LogP contribution in [0.2, 0.25) is 0 Å². The lowest BCUT2D eigenvalue weighted by molar-refractivity contribution is -0.118. The third-order valence-electron chi connectivity index (χ3n) is 4.51. The molecular weight excluding hydrogens is 314 g/mol. The van der Waals surface area contributed by atoms with E-state index in [0.717, 1.165) is 24.2 Å². The Balaban J connectivity index is 1.41. The Labute approximate surface area is 146 Å². The first-order valence-corrected chi connectivity index (χ1v) is 8.48. The zero-order valence-corrected chi connectivity index (χ0v) is 14.1. The maximum Gasteiger partial charge on any atom is 0.247 e. The highest BCUT2D eigenvalue weighted by atomic mass is 16.4. The van der Waals surface area contributed by atoms with Crippen molar-refractivity contribution in [2.45, 2.75) is 26.2 Å². The van der Waals surface area contributed by atoms with Crippen molar-refractivity contribution in [3.63, 3.8) is 0 Å². The van der Waals surface area contributed by atoms with Gasteiger partial charge in [0.1, 0.15) is 0 Å². The van der Waals surface area contributed by atoms with E-state index in [1.807, 2.05) is 54.3 Å². The first-order valence-electron chi connectivity index (χ1n) is 8.48. The van der Waals surface area contributed by atoms with Crippen LogP contribution in [-0.4, -0.2) is 22.6 Å². The zero-order chi connectivity index (χ0) is 17.2. The Kier molecular flexibility index (Phi) is 4.06. The molecule has 3 aromatic rings. The first-order chi connectivity index (χ1) is 12.2. The molecule has 1 aromatic heterocycles. The minimum absolute atomic E-state index is 0.0973. The van der Waals surface area contributed by atoms with Crippen LogP contribution < -0.4 is 4.90 Å². The standard InChI is InChI=1S/C20H19N3O2/c1-14-6-8-16(9-7-14)20-22-21-18(25-20)10-11-19(24)23-13-12-15-4-2-3-5-17(15)23/h2-9H,10-13H2,1H3. The number of carbonyl (C=O) groups is 1. The van der Waals surface area contributed by atoms with Gasteiger partial charge in [-0.1, -0.05) is 35.9 Å². The summed E-state index contributed by atoms with van der Waals surface area (Å²) in [7, 11) is 0. The van der Waals surface area contributed by atoms with Crippen molar-refractivity contribution in [1.82, 2.24) is 10.2 Å². The number of fused-ring (bicyclic) bond motifs is 1. The van der Waals surface area contributed by atoms with Gasteiger partial charge in [-0.05, 0) is 37.1 Å². The van der Waals surface area contributed by atoms with E-state index >= 15 is 0 Å². The summed E-state index contributed by atoms with van der Waals surface area (Å²) in [4.78, 5) is 14.4. The fourth-order valence-electron chi connectivity index (χ4n) is 3.11. The van der Waals surface area contributed by atoms with Crippen LogP contribution in [0.25, 0.3) is 11.5 Å². The third-order valence-corrected chi connectivity index (χ3v) is 4.51. The molecule has 4 rings (SSSR count). The van der Waals surface area contributed by atoms with Gasteiger partial charge in [-0.15, -0.1) is 10.2 Å². The monoisotopic (exact) mass is 333 g/mol. The molecule has 0 N–H and O–H groups in total. The Hall–Kier alpha value is -2.95. The van der Waals surface area contributed by atoms with Crippen LogP contribution in [-0.2, 0) is 17.6 Å². The maximum absolute atomic E-state index is 12.5. The van der Waals surface area contributed by atoms with Gasteiger partial charge in [0.15, 0.2) is 0 Å². The molecule has 2 aromatic carbocycles. The third kappa shape index (κ3) is 3.18. The van der Waals surface area contributed by atoms with E-state index < -0.39 is 0 Å². The molecule has 25 heavy (non-hydrogen) atoms. The number of benzene rings is 2. The SMILES string of the molecule is Cc1ccc(-c2nnc(CCC(=O)N3CCc4ccccc43)o2)cc1. The summed E-state index contributed by atoms with van der Waals surface area (Å²) in [6.07, 6.45) is 1.74. The van der Waals surface area contributed by atoms with Gasteiger partial charge in [0, 0.05) is 30.6 Å². The molecule has 0 radical (unpaired) electrons. The number of rotatable bonds is 4. The van der Waals surface area contributed by atoms with Crippen molar-refractivity contribution < 1.29 is 9.21 Å². The van der Waals surface area contributed by atoms with Gasteiger partial charge in [0.25, 0.3) is 0 Å². The van der Waals surface area contributed by atoms with Gasteiger partial charge in [-0.3, -0.25) is 4.79 Å². The smallest absolute Gasteiger partial charge is 0.247 e. The molecule has 0 bridgehead atoms. The average molecular weight is 333 g/mol. The zero-order valence-electron chi connectivity index (χ0n) is 14.1. The van der Waals surface area contributed by atoms with Gasteiger partial charge >= 0.3 is 0 Å². The molecule has 126 valence electrons. The molecule has 0 saturated heterocycles. The second-order valence-corrected chi connectivity index (χ2v) is 6.29. The maximum atomic E-state index is 12.5. The van der Waals surface area contributed by atoms with Crippen LogP contribution in [0.15, 0.2) is 52.9 Å². The summed E-state index contributed by atoms with van der Waals surface area (Å²) >= 11 is 0. The lowest BCUT2D eigenvalue weighted by atomic mass is 10.1. The lowest BCUT2D eigenvalue weighted by Crippen LogP contribution is -2.29. The number of anilines is 1. The molecule has 0 aliphatic carbocycles. The highest BCUT2D eigenvalue weighted by Gasteiger charge is 2.24. The predicted molar refractivity (Wildman–Crippen MR) is 95.3 cm³/mol. The number of hydrogen-bond donors (Lipinski definition) is 0. The number of amides is 1. The summed E-state index contributed by atoms with van der Waals surface area (Å²) < 4.78 is 5.70. The molecule has 0 saturated carbocycles. The van der Waals surface area contributed by atoms with Crippen molar-refractivity contribution >= 4 is 11.6 Å². The molecule has 0 spiro atoms. The average Bonchev–Trinajstić information content (AvgIpc) is 3.27. The minimum atomic E-state index is 0.0973. The van der Waals surface area contributed by atoms with Crippen LogP contribution >= 0.6 is 0 Å². The molecule has 5 heteroatoms. The minimum Gasteiger partial charge on any atom is -0.421 e. The van der Waals surface area contributed by atoms with Crippen molar-refractivity contribution in [1.29, 1.82) is 0 Å². The van der Waals surface area contributed by atoms with Gasteiger partial charge in [0.05, 0.1) is 0 Å². The topological polar surface area (TPSA) is 59.2 Å². The van der Waals surface area contributed by atoms with E-state index in [-0.39, 0.29) is 5.91 Å². The molecule has 1 aliphatic rings. The van der Waals surface area contributed by atoms with Crippen molar-refractivity contribution in [3.8, 4) is 11.5 Å². The van der Waals surface area contributed by atoms with Crippen LogP contribution in [0.3, 0.4) is 0 Å². The molecular formula is C20H19N3O2. The Morgan fingerprint density at radius 1 is 1.12 bits per heavy atom. The van der Waals surface area contributed by atoms with E-state index in [9.17, 15) is 4.79 Å². The Bertz CT molecular complexity index is 899. The summed E-state index contributed by atoms with van der Waals surface area (Å²) in [6.45, 7) is 2.78. The summed E-state index contributed by atoms with van der Waals surface area (Å²) in [5, 5.41) is 8.16.